The SMILES string of the molecule is Cc1cc(N2CCOC([C@@H](O)c3nc4ccc5c(N)nsc5c4c(=O)[nH]3)C2=O)nn1C1CCOCC1. The molecule has 1 unspecified atom stereocenters. The van der Waals surface area contributed by atoms with Crippen LogP contribution in [0.25, 0.3) is 21.0 Å². The second-order valence-corrected chi connectivity index (χ2v) is 9.79. The summed E-state index contributed by atoms with van der Waals surface area (Å²) in [5.74, 6) is 0.359. The average molecular weight is 512 g/mol. The van der Waals surface area contributed by atoms with E-state index in [1.807, 2.05) is 17.7 Å². The van der Waals surface area contributed by atoms with Gasteiger partial charge in [-0.05, 0) is 43.4 Å². The second-order valence-electron chi connectivity index (χ2n) is 9.01. The van der Waals surface area contributed by atoms with Gasteiger partial charge in [-0.15, -0.1) is 0 Å². The predicted octanol–water partition coefficient (Wildman–Crippen LogP) is 1.44. The number of aliphatic hydroxyl groups is 1. The summed E-state index contributed by atoms with van der Waals surface area (Å²) in [5, 5.41) is 16.8. The van der Waals surface area contributed by atoms with E-state index in [1.54, 1.807) is 12.1 Å². The van der Waals surface area contributed by atoms with E-state index in [0.717, 1.165) is 30.1 Å². The molecule has 0 saturated carbocycles. The normalized spacial score (nSPS) is 20.4. The highest BCUT2D eigenvalue weighted by molar-refractivity contribution is 7.14. The van der Waals surface area contributed by atoms with Crippen LogP contribution in [0.3, 0.4) is 0 Å². The fraction of sp³-hybridized carbons (Fsp3) is 0.435. The van der Waals surface area contributed by atoms with Crippen molar-refractivity contribution in [3.8, 4) is 0 Å². The number of nitrogens with two attached hydrogens (primary N) is 1. The van der Waals surface area contributed by atoms with E-state index in [0.29, 0.717) is 52.4 Å². The first-order valence-corrected chi connectivity index (χ1v) is 12.5. The van der Waals surface area contributed by atoms with Gasteiger partial charge >= 0.3 is 0 Å². The predicted molar refractivity (Wildman–Crippen MR) is 133 cm³/mol. The first-order chi connectivity index (χ1) is 17.4. The summed E-state index contributed by atoms with van der Waals surface area (Å²) in [6.07, 6.45) is -0.988. The Balaban J connectivity index is 1.29. The third kappa shape index (κ3) is 3.75. The van der Waals surface area contributed by atoms with Crippen LogP contribution in [0.1, 0.15) is 36.5 Å². The number of carbonyl (C=O) groups is 1. The molecule has 0 spiro atoms. The number of aromatic nitrogens is 5. The number of benzene rings is 1. The van der Waals surface area contributed by atoms with Crippen molar-refractivity contribution in [3.05, 3.63) is 40.1 Å². The summed E-state index contributed by atoms with van der Waals surface area (Å²) >= 11 is 1.11. The summed E-state index contributed by atoms with van der Waals surface area (Å²) in [5.41, 5.74) is 6.75. The largest absolute Gasteiger partial charge is 0.382 e. The first kappa shape index (κ1) is 23.0. The Bertz CT molecular complexity index is 1520. The van der Waals surface area contributed by atoms with Gasteiger partial charge in [-0.25, -0.2) is 4.98 Å². The number of nitrogens with one attached hydrogen (secondary N) is 1. The number of aryl methyl sites for hydroxylation is 1. The number of H-pyrrole nitrogens is 1. The van der Waals surface area contributed by atoms with E-state index in [9.17, 15) is 14.7 Å². The Hall–Kier alpha value is -3.39. The number of morpholine rings is 1. The molecule has 3 aromatic heterocycles. The smallest absolute Gasteiger partial charge is 0.260 e. The fourth-order valence-corrected chi connectivity index (χ4v) is 5.75. The topological polar surface area (TPSA) is 161 Å². The molecule has 6 rings (SSSR count). The number of hydrogen-bond acceptors (Lipinski definition) is 10. The molecule has 0 radical (unpaired) electrons. The van der Waals surface area contributed by atoms with E-state index in [2.05, 4.69) is 14.3 Å². The molecule has 4 aromatic rings. The lowest BCUT2D eigenvalue weighted by Gasteiger charge is -2.33. The standard InChI is InChI=1S/C23H25N7O5S/c1-11-10-15(27-30(11)12-4-7-34-8-5-12)29-6-9-35-18(23(29)33)17(31)21-25-14-3-2-13-19(36-28-20(13)24)16(14)22(32)26-21/h2-3,10,12,17-18,31H,4-9H2,1H3,(H2,24,28)(H,25,26,32)/t17-,18?/m1/s1. The number of anilines is 2. The van der Waals surface area contributed by atoms with Crippen LogP contribution >= 0.6 is 11.5 Å². The van der Waals surface area contributed by atoms with Crippen LogP contribution in [-0.2, 0) is 14.3 Å². The molecule has 2 saturated heterocycles. The van der Waals surface area contributed by atoms with Gasteiger partial charge in [-0.3, -0.25) is 19.2 Å². The van der Waals surface area contributed by atoms with E-state index >= 15 is 0 Å². The number of nitrogen functional groups attached to an aromatic ring is 1. The summed E-state index contributed by atoms with van der Waals surface area (Å²) in [6.45, 7) is 3.83. The second kappa shape index (κ2) is 8.92. The molecule has 2 atom stereocenters. The van der Waals surface area contributed by atoms with Gasteiger partial charge in [0.1, 0.15) is 17.7 Å². The maximum Gasteiger partial charge on any atom is 0.260 e. The van der Waals surface area contributed by atoms with Crippen LogP contribution in [0.4, 0.5) is 11.6 Å². The highest BCUT2D eigenvalue weighted by Crippen LogP contribution is 2.31. The number of hydrogen-bond donors (Lipinski definition) is 3. The van der Waals surface area contributed by atoms with Crippen molar-refractivity contribution in [1.29, 1.82) is 0 Å². The third-order valence-corrected chi connectivity index (χ3v) is 7.66. The molecule has 1 amide bonds. The molecule has 0 bridgehead atoms. The van der Waals surface area contributed by atoms with Crippen LogP contribution in [0, 0.1) is 6.92 Å². The minimum absolute atomic E-state index is 0.0477. The van der Waals surface area contributed by atoms with Crippen LogP contribution in [0.15, 0.2) is 23.0 Å². The van der Waals surface area contributed by atoms with Gasteiger partial charge in [0.05, 0.1) is 34.8 Å². The van der Waals surface area contributed by atoms with Crippen LogP contribution in [0.2, 0.25) is 0 Å². The lowest BCUT2D eigenvalue weighted by molar-refractivity contribution is -0.143. The Morgan fingerprint density at radius 2 is 2.06 bits per heavy atom. The van der Waals surface area contributed by atoms with Gasteiger partial charge in [0, 0.05) is 30.4 Å². The molecule has 5 heterocycles. The molecule has 12 nitrogen and oxygen atoms in total. The Morgan fingerprint density at radius 1 is 1.25 bits per heavy atom. The van der Waals surface area contributed by atoms with E-state index < -0.39 is 23.7 Å². The molecule has 2 aliphatic heterocycles. The number of aliphatic hydroxyl groups excluding tert-OH is 1. The number of carbonyl (C=O) groups excluding carboxylic acids is 1. The molecule has 2 fully saturated rings. The van der Waals surface area contributed by atoms with Gasteiger partial charge in [0.15, 0.2) is 11.9 Å². The zero-order valence-corrected chi connectivity index (χ0v) is 20.3. The van der Waals surface area contributed by atoms with Gasteiger partial charge in [-0.1, -0.05) is 0 Å². The maximum absolute atomic E-state index is 13.4. The minimum Gasteiger partial charge on any atom is -0.382 e. The lowest BCUT2D eigenvalue weighted by Crippen LogP contribution is -2.50. The molecule has 1 aromatic carbocycles. The molecule has 4 N–H and O–H groups in total. The quantitative estimate of drug-likeness (QED) is 0.368. The van der Waals surface area contributed by atoms with Gasteiger partial charge in [0.25, 0.3) is 11.5 Å². The number of ether oxygens (including phenoxy) is 2. The average Bonchev–Trinajstić information content (AvgIpc) is 3.46. The summed E-state index contributed by atoms with van der Waals surface area (Å²) in [7, 11) is 0. The summed E-state index contributed by atoms with van der Waals surface area (Å²) in [6, 6.07) is 5.47. The van der Waals surface area contributed by atoms with E-state index in [4.69, 9.17) is 20.3 Å². The minimum atomic E-state index is -1.47. The zero-order chi connectivity index (χ0) is 25.0. The zero-order valence-electron chi connectivity index (χ0n) is 19.5. The van der Waals surface area contributed by atoms with Crippen LogP contribution in [0.5, 0.6) is 0 Å². The summed E-state index contributed by atoms with van der Waals surface area (Å²) in [4.78, 5) is 34.9. The molecule has 0 aliphatic carbocycles. The number of nitrogens with zero attached hydrogens (tertiary/aromatic N) is 5. The van der Waals surface area contributed by atoms with E-state index in [-0.39, 0.29) is 18.5 Å². The molecule has 2 aliphatic rings. The van der Waals surface area contributed by atoms with Crippen molar-refractivity contribution >= 4 is 50.1 Å². The molecule has 36 heavy (non-hydrogen) atoms. The van der Waals surface area contributed by atoms with Gasteiger partial charge in [-0.2, -0.15) is 9.47 Å². The number of fused-ring (bicyclic) bond motifs is 3. The van der Waals surface area contributed by atoms with Crippen molar-refractivity contribution in [2.24, 2.45) is 0 Å². The Kier molecular flexibility index (Phi) is 5.71. The monoisotopic (exact) mass is 511 g/mol. The highest BCUT2D eigenvalue weighted by atomic mass is 32.1. The number of aromatic amines is 1. The highest BCUT2D eigenvalue weighted by Gasteiger charge is 2.39. The van der Waals surface area contributed by atoms with Crippen molar-refractivity contribution < 1.29 is 19.4 Å². The van der Waals surface area contributed by atoms with Crippen LogP contribution < -0.4 is 16.2 Å². The summed E-state index contributed by atoms with van der Waals surface area (Å²) < 4.78 is 17.8. The van der Waals surface area contributed by atoms with Crippen molar-refractivity contribution in [1.82, 2.24) is 24.1 Å². The van der Waals surface area contributed by atoms with Crippen molar-refractivity contribution in [2.45, 2.75) is 38.0 Å². The molecular weight excluding hydrogens is 486 g/mol. The fourth-order valence-electron chi connectivity index (χ4n) is 4.91. The van der Waals surface area contributed by atoms with Gasteiger partial charge < -0.3 is 25.3 Å². The van der Waals surface area contributed by atoms with E-state index in [1.165, 1.54) is 4.90 Å². The molecule has 13 heteroatoms. The molecular formula is C23H25N7O5S. The van der Waals surface area contributed by atoms with Crippen molar-refractivity contribution in [2.75, 3.05) is 37.0 Å². The lowest BCUT2D eigenvalue weighted by atomic mass is 10.1. The van der Waals surface area contributed by atoms with Gasteiger partial charge in [0.2, 0.25) is 0 Å². The molecule has 188 valence electrons. The first-order valence-electron chi connectivity index (χ1n) is 11.7. The maximum atomic E-state index is 13.4. The number of amides is 1. The Morgan fingerprint density at radius 3 is 2.86 bits per heavy atom. The van der Waals surface area contributed by atoms with Crippen LogP contribution in [-0.4, -0.2) is 67.6 Å². The Labute approximate surface area is 208 Å². The third-order valence-electron chi connectivity index (χ3n) is 6.77. The number of rotatable bonds is 4. The van der Waals surface area contributed by atoms with Crippen molar-refractivity contribution in [3.63, 3.8) is 0 Å².